The van der Waals surface area contributed by atoms with Crippen LogP contribution in [0.4, 0.5) is 0 Å². The third kappa shape index (κ3) is 4.07. The number of thioether (sulfide) groups is 2. The van der Waals surface area contributed by atoms with Gasteiger partial charge in [-0.1, -0.05) is 30.3 Å². The standard InChI is InChI=1S/C18H26N2OS2/c1-2-4-14(5-3-1)18-10-20-9-15(8-17(20)11-21-18)19-16-12-22-6-7-23-13-16/h1-5,15-19H,6-13H2/t15-,17+,18-/m1/s1. The number of ether oxygens (including phenoxy) is 1. The lowest BCUT2D eigenvalue weighted by Gasteiger charge is -2.35. The summed E-state index contributed by atoms with van der Waals surface area (Å²) in [4.78, 5) is 2.65. The molecular formula is C18H26N2OS2. The minimum Gasteiger partial charge on any atom is -0.371 e. The van der Waals surface area contributed by atoms with Crippen LogP contribution in [0.5, 0.6) is 0 Å². The second-order valence-electron chi connectivity index (χ2n) is 6.79. The highest BCUT2D eigenvalue weighted by molar-refractivity contribution is 8.03. The van der Waals surface area contributed by atoms with E-state index in [2.05, 4.69) is 64.1 Å². The Morgan fingerprint density at radius 1 is 1.00 bits per heavy atom. The van der Waals surface area contributed by atoms with E-state index in [0.717, 1.165) is 13.2 Å². The van der Waals surface area contributed by atoms with Gasteiger partial charge in [-0.05, 0) is 12.0 Å². The monoisotopic (exact) mass is 350 g/mol. The molecule has 0 amide bonds. The highest BCUT2D eigenvalue weighted by Crippen LogP contribution is 2.30. The molecular weight excluding hydrogens is 324 g/mol. The second kappa shape index (κ2) is 7.79. The number of hydrogen-bond acceptors (Lipinski definition) is 5. The summed E-state index contributed by atoms with van der Waals surface area (Å²) in [5.41, 5.74) is 1.32. The van der Waals surface area contributed by atoms with Crippen LogP contribution in [0.25, 0.3) is 0 Å². The van der Waals surface area contributed by atoms with Crippen LogP contribution in [0, 0.1) is 0 Å². The summed E-state index contributed by atoms with van der Waals surface area (Å²) in [6.45, 7) is 3.11. The number of rotatable bonds is 3. The predicted molar refractivity (Wildman–Crippen MR) is 100 cm³/mol. The zero-order valence-corrected chi connectivity index (χ0v) is 15.2. The predicted octanol–water partition coefficient (Wildman–Crippen LogP) is 2.64. The van der Waals surface area contributed by atoms with Crippen molar-refractivity contribution in [1.29, 1.82) is 0 Å². The van der Waals surface area contributed by atoms with Crippen LogP contribution in [0.1, 0.15) is 18.1 Å². The molecule has 23 heavy (non-hydrogen) atoms. The first-order chi connectivity index (χ1) is 11.4. The van der Waals surface area contributed by atoms with Gasteiger partial charge in [-0.25, -0.2) is 0 Å². The summed E-state index contributed by atoms with van der Waals surface area (Å²) >= 11 is 4.22. The normalized spacial score (nSPS) is 33.3. The fourth-order valence-corrected chi connectivity index (χ4v) is 6.33. The van der Waals surface area contributed by atoms with E-state index >= 15 is 0 Å². The number of fused-ring (bicyclic) bond motifs is 1. The number of benzene rings is 1. The third-order valence-corrected chi connectivity index (χ3v) is 7.59. The van der Waals surface area contributed by atoms with Crippen LogP contribution in [0.3, 0.4) is 0 Å². The quantitative estimate of drug-likeness (QED) is 0.903. The van der Waals surface area contributed by atoms with E-state index in [9.17, 15) is 0 Å². The molecule has 3 fully saturated rings. The average Bonchev–Trinajstić information content (AvgIpc) is 2.81. The van der Waals surface area contributed by atoms with Crippen LogP contribution >= 0.6 is 23.5 Å². The van der Waals surface area contributed by atoms with Crippen LogP contribution in [-0.4, -0.2) is 65.7 Å². The molecule has 0 aliphatic carbocycles. The second-order valence-corrected chi connectivity index (χ2v) is 9.09. The maximum absolute atomic E-state index is 6.16. The Kier molecular flexibility index (Phi) is 5.51. The van der Waals surface area contributed by atoms with Crippen molar-refractivity contribution < 1.29 is 4.74 Å². The van der Waals surface area contributed by atoms with Crippen molar-refractivity contribution >= 4 is 23.5 Å². The Morgan fingerprint density at radius 2 is 1.78 bits per heavy atom. The van der Waals surface area contributed by atoms with Gasteiger partial charge in [0.1, 0.15) is 0 Å². The Balaban J connectivity index is 1.32. The summed E-state index contributed by atoms with van der Waals surface area (Å²) in [5.74, 6) is 5.18. The summed E-state index contributed by atoms with van der Waals surface area (Å²) in [7, 11) is 0. The van der Waals surface area contributed by atoms with Gasteiger partial charge < -0.3 is 10.1 Å². The van der Waals surface area contributed by atoms with Gasteiger partial charge in [-0.3, -0.25) is 4.90 Å². The van der Waals surface area contributed by atoms with Crippen LogP contribution in [0.15, 0.2) is 30.3 Å². The minimum absolute atomic E-state index is 0.246. The molecule has 0 bridgehead atoms. The molecule has 3 aliphatic heterocycles. The Labute approximate surface area is 147 Å². The van der Waals surface area contributed by atoms with Crippen molar-refractivity contribution in [2.24, 2.45) is 0 Å². The molecule has 3 saturated heterocycles. The van der Waals surface area contributed by atoms with Crippen molar-refractivity contribution in [3.05, 3.63) is 35.9 Å². The summed E-state index contributed by atoms with van der Waals surface area (Å²) in [5, 5.41) is 3.93. The van der Waals surface area contributed by atoms with Gasteiger partial charge in [0.25, 0.3) is 0 Å². The zero-order valence-electron chi connectivity index (χ0n) is 13.5. The SMILES string of the molecule is c1ccc([C@H]2CN3C[C@H](NC4CSCCSC4)C[C@H]3CO2)cc1. The Hall–Kier alpha value is -0.200. The molecule has 4 rings (SSSR count). The first kappa shape index (κ1) is 16.3. The fraction of sp³-hybridized carbons (Fsp3) is 0.667. The van der Waals surface area contributed by atoms with Gasteiger partial charge in [0.15, 0.2) is 0 Å². The molecule has 1 N–H and O–H groups in total. The molecule has 5 heteroatoms. The number of morpholine rings is 1. The number of hydrogen-bond donors (Lipinski definition) is 1. The van der Waals surface area contributed by atoms with E-state index < -0.39 is 0 Å². The van der Waals surface area contributed by atoms with Crippen LogP contribution in [0.2, 0.25) is 0 Å². The number of nitrogens with zero attached hydrogens (tertiary/aromatic N) is 1. The molecule has 3 heterocycles. The highest BCUT2D eigenvalue weighted by Gasteiger charge is 2.38. The van der Waals surface area contributed by atoms with E-state index in [4.69, 9.17) is 4.74 Å². The molecule has 1 aromatic carbocycles. The largest absolute Gasteiger partial charge is 0.371 e. The molecule has 126 valence electrons. The molecule has 3 atom stereocenters. The van der Waals surface area contributed by atoms with Crippen LogP contribution in [-0.2, 0) is 4.74 Å². The molecule has 3 nitrogen and oxygen atoms in total. The maximum Gasteiger partial charge on any atom is 0.0952 e. The van der Waals surface area contributed by atoms with E-state index in [1.54, 1.807) is 0 Å². The van der Waals surface area contributed by atoms with Gasteiger partial charge in [0.2, 0.25) is 0 Å². The van der Waals surface area contributed by atoms with Gasteiger partial charge in [0.05, 0.1) is 12.7 Å². The van der Waals surface area contributed by atoms with Gasteiger partial charge >= 0.3 is 0 Å². The summed E-state index contributed by atoms with van der Waals surface area (Å²) in [6.07, 6.45) is 1.49. The Bertz CT molecular complexity index is 493. The van der Waals surface area contributed by atoms with Crippen molar-refractivity contribution in [1.82, 2.24) is 10.2 Å². The van der Waals surface area contributed by atoms with Gasteiger partial charge in [0, 0.05) is 54.2 Å². The third-order valence-electron chi connectivity index (χ3n) is 5.07. The fourth-order valence-electron chi connectivity index (χ4n) is 3.91. The molecule has 0 saturated carbocycles. The van der Waals surface area contributed by atoms with Crippen molar-refractivity contribution in [2.75, 3.05) is 42.7 Å². The van der Waals surface area contributed by atoms with Crippen LogP contribution < -0.4 is 5.32 Å². The lowest BCUT2D eigenvalue weighted by molar-refractivity contribution is -0.0502. The smallest absolute Gasteiger partial charge is 0.0952 e. The van der Waals surface area contributed by atoms with Crippen molar-refractivity contribution in [3.8, 4) is 0 Å². The molecule has 0 spiro atoms. The van der Waals surface area contributed by atoms with Gasteiger partial charge in [-0.15, -0.1) is 0 Å². The topological polar surface area (TPSA) is 24.5 Å². The first-order valence-electron chi connectivity index (χ1n) is 8.70. The molecule has 0 aromatic heterocycles. The Morgan fingerprint density at radius 3 is 2.57 bits per heavy atom. The lowest BCUT2D eigenvalue weighted by Crippen LogP contribution is -2.44. The zero-order chi connectivity index (χ0) is 15.5. The van der Waals surface area contributed by atoms with Crippen molar-refractivity contribution in [3.63, 3.8) is 0 Å². The van der Waals surface area contributed by atoms with E-state index in [-0.39, 0.29) is 6.10 Å². The molecule has 0 unspecified atom stereocenters. The molecule has 1 aromatic rings. The maximum atomic E-state index is 6.16. The average molecular weight is 351 g/mol. The van der Waals surface area contributed by atoms with E-state index in [0.29, 0.717) is 18.1 Å². The van der Waals surface area contributed by atoms with Crippen molar-refractivity contribution in [2.45, 2.75) is 30.7 Å². The summed E-state index contributed by atoms with van der Waals surface area (Å²) in [6, 6.07) is 12.6. The molecule has 0 radical (unpaired) electrons. The first-order valence-corrected chi connectivity index (χ1v) is 11.0. The van der Waals surface area contributed by atoms with E-state index in [1.165, 1.54) is 41.5 Å². The minimum atomic E-state index is 0.246. The summed E-state index contributed by atoms with van der Waals surface area (Å²) < 4.78 is 6.16. The van der Waals surface area contributed by atoms with E-state index in [1.807, 2.05) is 0 Å². The number of nitrogens with one attached hydrogen (secondary N) is 1. The van der Waals surface area contributed by atoms with Gasteiger partial charge in [-0.2, -0.15) is 23.5 Å². The highest BCUT2D eigenvalue weighted by atomic mass is 32.2. The lowest BCUT2D eigenvalue weighted by atomic mass is 10.1. The molecule has 3 aliphatic rings.